The molecule has 1 fully saturated rings. The summed E-state index contributed by atoms with van der Waals surface area (Å²) in [7, 11) is 0. The number of amides is 1. The van der Waals surface area contributed by atoms with Gasteiger partial charge in [0.15, 0.2) is 0 Å². The molecule has 0 aliphatic heterocycles. The first kappa shape index (κ1) is 19.2. The predicted molar refractivity (Wildman–Crippen MR) is 120 cm³/mol. The Kier molecular flexibility index (Phi) is 5.79. The number of nitrogens with one attached hydrogen (secondary N) is 1. The first-order chi connectivity index (χ1) is 13.6. The van der Waals surface area contributed by atoms with Crippen LogP contribution in [-0.4, -0.2) is 23.4 Å². The van der Waals surface area contributed by atoms with Crippen molar-refractivity contribution < 1.29 is 4.79 Å². The Hall–Kier alpha value is -2.17. The zero-order chi connectivity index (χ0) is 19.5. The smallest absolute Gasteiger partial charge is 0.225 e. The predicted octanol–water partition coefficient (Wildman–Crippen LogP) is 5.90. The third-order valence-corrected chi connectivity index (χ3v) is 5.90. The maximum absolute atomic E-state index is 12.5. The molecule has 0 spiro atoms. The quantitative estimate of drug-likeness (QED) is 0.499. The van der Waals surface area contributed by atoms with Crippen LogP contribution in [-0.2, 0) is 11.3 Å². The molecule has 1 N–H and O–H groups in total. The van der Waals surface area contributed by atoms with Gasteiger partial charge in [0.2, 0.25) is 5.91 Å². The summed E-state index contributed by atoms with van der Waals surface area (Å²) in [5.41, 5.74) is 3.30. The van der Waals surface area contributed by atoms with Gasteiger partial charge in [0, 0.05) is 35.7 Å². The van der Waals surface area contributed by atoms with Crippen molar-refractivity contribution >= 4 is 38.3 Å². The van der Waals surface area contributed by atoms with E-state index in [0.29, 0.717) is 12.5 Å². The van der Waals surface area contributed by atoms with Crippen LogP contribution in [0.5, 0.6) is 0 Å². The van der Waals surface area contributed by atoms with Gasteiger partial charge in [-0.2, -0.15) is 0 Å². The van der Waals surface area contributed by atoms with Crippen molar-refractivity contribution in [2.75, 3.05) is 11.9 Å². The molecule has 0 unspecified atom stereocenters. The molecule has 4 heteroatoms. The van der Waals surface area contributed by atoms with Gasteiger partial charge in [-0.25, -0.2) is 0 Å². The fourth-order valence-electron chi connectivity index (χ4n) is 3.70. The summed E-state index contributed by atoms with van der Waals surface area (Å²) in [6.07, 6.45) is 2.98. The van der Waals surface area contributed by atoms with Gasteiger partial charge in [-0.3, -0.25) is 9.69 Å². The van der Waals surface area contributed by atoms with Crippen molar-refractivity contribution in [1.29, 1.82) is 0 Å². The number of nitrogens with zero attached hydrogens (tertiary/aromatic N) is 1. The summed E-state index contributed by atoms with van der Waals surface area (Å²) in [4.78, 5) is 15.0. The number of benzene rings is 3. The molecule has 1 aliphatic carbocycles. The minimum Gasteiger partial charge on any atom is -0.326 e. The zero-order valence-electron chi connectivity index (χ0n) is 16.1. The average Bonchev–Trinajstić information content (AvgIpc) is 3.53. The van der Waals surface area contributed by atoms with Gasteiger partial charge in [0.05, 0.1) is 0 Å². The molecule has 0 bridgehead atoms. The highest BCUT2D eigenvalue weighted by Crippen LogP contribution is 2.30. The third-order valence-electron chi connectivity index (χ3n) is 5.41. The van der Waals surface area contributed by atoms with Gasteiger partial charge < -0.3 is 5.32 Å². The number of hydrogen-bond acceptors (Lipinski definition) is 2. The molecule has 144 valence electrons. The molecule has 0 saturated heterocycles. The number of hydrogen-bond donors (Lipinski definition) is 1. The molecule has 0 atom stereocenters. The second-order valence-electron chi connectivity index (χ2n) is 7.60. The minimum absolute atomic E-state index is 0.0778. The Morgan fingerprint density at radius 2 is 1.89 bits per heavy atom. The van der Waals surface area contributed by atoms with E-state index in [2.05, 4.69) is 68.6 Å². The number of fused-ring (bicyclic) bond motifs is 1. The van der Waals surface area contributed by atoms with Crippen molar-refractivity contribution in [2.45, 2.75) is 38.8 Å². The third kappa shape index (κ3) is 4.62. The van der Waals surface area contributed by atoms with Gasteiger partial charge >= 0.3 is 0 Å². The lowest BCUT2D eigenvalue weighted by Gasteiger charge is -2.23. The summed E-state index contributed by atoms with van der Waals surface area (Å²) in [5, 5.41) is 5.65. The molecule has 3 aromatic carbocycles. The van der Waals surface area contributed by atoms with E-state index in [9.17, 15) is 4.79 Å². The molecule has 28 heavy (non-hydrogen) atoms. The highest BCUT2D eigenvalue weighted by molar-refractivity contribution is 9.10. The van der Waals surface area contributed by atoms with E-state index in [4.69, 9.17) is 0 Å². The van der Waals surface area contributed by atoms with E-state index in [1.807, 2.05) is 25.1 Å². The van der Waals surface area contributed by atoms with Crippen LogP contribution in [0.1, 0.15) is 30.4 Å². The first-order valence-corrected chi connectivity index (χ1v) is 10.7. The lowest BCUT2D eigenvalue weighted by molar-refractivity contribution is -0.116. The van der Waals surface area contributed by atoms with Crippen LogP contribution < -0.4 is 5.32 Å². The number of aryl methyl sites for hydroxylation is 1. The molecule has 4 rings (SSSR count). The second kappa shape index (κ2) is 8.46. The van der Waals surface area contributed by atoms with Gasteiger partial charge in [-0.1, -0.05) is 58.4 Å². The Labute approximate surface area is 174 Å². The summed E-state index contributed by atoms with van der Waals surface area (Å²) >= 11 is 3.46. The van der Waals surface area contributed by atoms with E-state index < -0.39 is 0 Å². The standard InChI is InChI=1S/C24H25BrN2O/c1-17-15-20(25)9-12-23(17)26-24(28)13-14-27(21-10-11-21)16-19-7-4-6-18-5-2-3-8-22(18)19/h2-9,12,15,21H,10-11,13-14,16H2,1H3,(H,26,28). The summed E-state index contributed by atoms with van der Waals surface area (Å²) in [5.74, 6) is 0.0778. The van der Waals surface area contributed by atoms with Crippen LogP contribution in [0.3, 0.4) is 0 Å². The number of anilines is 1. The van der Waals surface area contributed by atoms with Crippen LogP contribution in [0.4, 0.5) is 5.69 Å². The largest absolute Gasteiger partial charge is 0.326 e. The summed E-state index contributed by atoms with van der Waals surface area (Å²) < 4.78 is 1.03. The number of halogens is 1. The second-order valence-corrected chi connectivity index (χ2v) is 8.51. The molecule has 3 aromatic rings. The molecule has 1 saturated carbocycles. The monoisotopic (exact) mass is 436 g/mol. The van der Waals surface area contributed by atoms with Crippen molar-refractivity contribution in [2.24, 2.45) is 0 Å². The van der Waals surface area contributed by atoms with Crippen LogP contribution in [0.2, 0.25) is 0 Å². The van der Waals surface area contributed by atoms with Crippen LogP contribution in [0.15, 0.2) is 65.1 Å². The lowest BCUT2D eigenvalue weighted by Crippen LogP contribution is -2.29. The van der Waals surface area contributed by atoms with Gasteiger partial charge in [0.25, 0.3) is 0 Å². The topological polar surface area (TPSA) is 32.3 Å². The molecular weight excluding hydrogens is 412 g/mol. The first-order valence-electron chi connectivity index (χ1n) is 9.87. The molecular formula is C24H25BrN2O. The maximum atomic E-state index is 12.5. The van der Waals surface area contributed by atoms with Gasteiger partial charge in [-0.15, -0.1) is 0 Å². The minimum atomic E-state index is 0.0778. The maximum Gasteiger partial charge on any atom is 0.225 e. The Morgan fingerprint density at radius 3 is 2.68 bits per heavy atom. The SMILES string of the molecule is Cc1cc(Br)ccc1NC(=O)CCN(Cc1cccc2ccccc12)C1CC1. The van der Waals surface area contributed by atoms with Crippen molar-refractivity contribution in [3.63, 3.8) is 0 Å². The fourth-order valence-corrected chi connectivity index (χ4v) is 4.18. The van der Waals surface area contributed by atoms with Crippen LogP contribution in [0, 0.1) is 6.92 Å². The number of carbonyl (C=O) groups excluding carboxylic acids is 1. The van der Waals surface area contributed by atoms with E-state index in [-0.39, 0.29) is 5.91 Å². The van der Waals surface area contributed by atoms with Crippen molar-refractivity contribution in [3.8, 4) is 0 Å². The summed E-state index contributed by atoms with van der Waals surface area (Å²) in [6, 6.07) is 21.6. The molecule has 0 heterocycles. The normalized spacial score (nSPS) is 13.8. The van der Waals surface area contributed by atoms with E-state index >= 15 is 0 Å². The number of rotatable bonds is 7. The highest BCUT2D eigenvalue weighted by atomic mass is 79.9. The molecule has 1 amide bonds. The van der Waals surface area contributed by atoms with E-state index in [0.717, 1.165) is 28.8 Å². The Morgan fingerprint density at radius 1 is 1.11 bits per heavy atom. The summed E-state index contributed by atoms with van der Waals surface area (Å²) in [6.45, 7) is 3.70. The molecule has 0 aromatic heterocycles. The van der Waals surface area contributed by atoms with E-state index in [1.54, 1.807) is 0 Å². The van der Waals surface area contributed by atoms with Gasteiger partial charge in [-0.05, 0) is 59.9 Å². The fraction of sp³-hybridized carbons (Fsp3) is 0.292. The lowest BCUT2D eigenvalue weighted by atomic mass is 10.0. The molecule has 0 radical (unpaired) electrons. The van der Waals surface area contributed by atoms with Crippen LogP contribution >= 0.6 is 15.9 Å². The Balaban J connectivity index is 1.41. The van der Waals surface area contributed by atoms with Gasteiger partial charge in [0.1, 0.15) is 0 Å². The van der Waals surface area contributed by atoms with Crippen molar-refractivity contribution in [1.82, 2.24) is 4.90 Å². The highest BCUT2D eigenvalue weighted by Gasteiger charge is 2.29. The number of carbonyl (C=O) groups is 1. The average molecular weight is 437 g/mol. The zero-order valence-corrected chi connectivity index (χ0v) is 17.7. The van der Waals surface area contributed by atoms with Crippen LogP contribution in [0.25, 0.3) is 10.8 Å². The molecule has 3 nitrogen and oxygen atoms in total. The van der Waals surface area contributed by atoms with E-state index in [1.165, 1.54) is 29.2 Å². The van der Waals surface area contributed by atoms with Crippen molar-refractivity contribution in [3.05, 3.63) is 76.3 Å². The Bertz CT molecular complexity index is 992. The molecule has 1 aliphatic rings.